The Hall–Kier alpha value is -1.05. The van der Waals surface area contributed by atoms with Gasteiger partial charge in [0.1, 0.15) is 6.54 Å². The highest BCUT2D eigenvalue weighted by Crippen LogP contribution is 2.24. The van der Waals surface area contributed by atoms with Crippen LogP contribution in [0.15, 0.2) is 36.4 Å². The fraction of sp³-hybridized carbons (Fsp3) is 0.333. The van der Waals surface area contributed by atoms with Crippen LogP contribution in [0.5, 0.6) is 0 Å². The number of aryl methyl sites for hydroxylation is 1. The Bertz CT molecular complexity index is 512. The van der Waals surface area contributed by atoms with Crippen molar-refractivity contribution in [3.63, 3.8) is 0 Å². The van der Waals surface area contributed by atoms with Gasteiger partial charge in [0.15, 0.2) is 0 Å². The molecule has 2 rings (SSSR count). The van der Waals surface area contributed by atoms with Crippen LogP contribution in [0.2, 0.25) is 0 Å². The maximum atomic E-state index is 2.24. The highest BCUT2D eigenvalue weighted by Gasteiger charge is 2.13. The summed E-state index contributed by atoms with van der Waals surface area (Å²) in [6.07, 6.45) is 0. The molecule has 0 fully saturated rings. The van der Waals surface area contributed by atoms with Crippen molar-refractivity contribution in [2.75, 3.05) is 21.1 Å². The minimum atomic E-state index is 0. The zero-order valence-electron chi connectivity index (χ0n) is 11.0. The molecule has 2 heteroatoms. The number of fused-ring (bicyclic) bond motifs is 1. The van der Waals surface area contributed by atoms with Crippen molar-refractivity contribution in [2.45, 2.75) is 13.5 Å². The second-order valence-electron chi connectivity index (χ2n) is 5.53. The van der Waals surface area contributed by atoms with E-state index in [0.29, 0.717) is 0 Å². The van der Waals surface area contributed by atoms with Gasteiger partial charge < -0.3 is 16.9 Å². The van der Waals surface area contributed by atoms with Gasteiger partial charge in [0.2, 0.25) is 0 Å². The fourth-order valence-corrected chi connectivity index (χ4v) is 2.13. The predicted octanol–water partition coefficient (Wildman–Crippen LogP) is 0.358. The molecule has 2 aromatic rings. The molecule has 0 atom stereocenters. The Morgan fingerprint density at radius 1 is 0.941 bits per heavy atom. The van der Waals surface area contributed by atoms with E-state index in [4.69, 9.17) is 0 Å². The number of hydrogen-bond donors (Lipinski definition) is 0. The first kappa shape index (κ1) is 14.0. The topological polar surface area (TPSA) is 0 Å². The highest BCUT2D eigenvalue weighted by atomic mass is 35.5. The second-order valence-corrected chi connectivity index (χ2v) is 5.53. The van der Waals surface area contributed by atoms with Crippen LogP contribution >= 0.6 is 0 Å². The summed E-state index contributed by atoms with van der Waals surface area (Å²) in [5, 5.41) is 2.74. The van der Waals surface area contributed by atoms with Crippen molar-refractivity contribution in [1.29, 1.82) is 0 Å². The quantitative estimate of drug-likeness (QED) is 0.675. The normalized spacial score (nSPS) is 11.3. The molecule has 1 nitrogen and oxygen atoms in total. The van der Waals surface area contributed by atoms with E-state index >= 15 is 0 Å². The van der Waals surface area contributed by atoms with E-state index in [1.807, 2.05) is 0 Å². The molecule has 0 radical (unpaired) electrons. The summed E-state index contributed by atoms with van der Waals surface area (Å²) in [5.74, 6) is 0. The van der Waals surface area contributed by atoms with Gasteiger partial charge in [0.05, 0.1) is 21.1 Å². The first-order chi connectivity index (χ1) is 7.47. The van der Waals surface area contributed by atoms with E-state index in [2.05, 4.69) is 64.5 Å². The van der Waals surface area contributed by atoms with Crippen LogP contribution in [-0.4, -0.2) is 25.6 Å². The van der Waals surface area contributed by atoms with E-state index in [0.717, 1.165) is 11.0 Å². The van der Waals surface area contributed by atoms with Crippen LogP contribution in [-0.2, 0) is 6.54 Å². The summed E-state index contributed by atoms with van der Waals surface area (Å²) in [6.45, 7) is 3.28. The van der Waals surface area contributed by atoms with Crippen LogP contribution < -0.4 is 12.4 Å². The maximum Gasteiger partial charge on any atom is 0.105 e. The third-order valence-corrected chi connectivity index (χ3v) is 2.91. The third kappa shape index (κ3) is 3.21. The zero-order valence-corrected chi connectivity index (χ0v) is 11.8. The van der Waals surface area contributed by atoms with Gasteiger partial charge in [-0.05, 0) is 23.3 Å². The lowest BCUT2D eigenvalue weighted by molar-refractivity contribution is -0.883. The van der Waals surface area contributed by atoms with Crippen molar-refractivity contribution < 1.29 is 16.9 Å². The van der Waals surface area contributed by atoms with Gasteiger partial charge in [-0.3, -0.25) is 0 Å². The molecular weight excluding hydrogens is 230 g/mol. The van der Waals surface area contributed by atoms with E-state index in [1.54, 1.807) is 0 Å². The smallest absolute Gasteiger partial charge is 0.105 e. The van der Waals surface area contributed by atoms with Gasteiger partial charge in [0.25, 0.3) is 0 Å². The molecule has 0 aliphatic rings. The summed E-state index contributed by atoms with van der Waals surface area (Å²) in [7, 11) is 6.71. The van der Waals surface area contributed by atoms with Crippen molar-refractivity contribution in [2.24, 2.45) is 0 Å². The molecule has 0 aromatic heterocycles. The predicted molar refractivity (Wildman–Crippen MR) is 70.4 cm³/mol. The number of hydrogen-bond acceptors (Lipinski definition) is 0. The van der Waals surface area contributed by atoms with Crippen LogP contribution in [0.1, 0.15) is 11.1 Å². The van der Waals surface area contributed by atoms with Gasteiger partial charge in [0, 0.05) is 5.56 Å². The lowest BCUT2D eigenvalue weighted by Crippen LogP contribution is -3.00. The molecule has 0 unspecified atom stereocenters. The summed E-state index contributed by atoms with van der Waals surface area (Å²) in [6, 6.07) is 13.1. The number of quaternary nitrogens is 1. The molecule has 0 saturated heterocycles. The summed E-state index contributed by atoms with van der Waals surface area (Å²) >= 11 is 0. The Morgan fingerprint density at radius 2 is 1.59 bits per heavy atom. The molecule has 0 heterocycles. The van der Waals surface area contributed by atoms with E-state index < -0.39 is 0 Å². The molecule has 92 valence electrons. The Morgan fingerprint density at radius 3 is 2.24 bits per heavy atom. The van der Waals surface area contributed by atoms with E-state index in [9.17, 15) is 0 Å². The zero-order chi connectivity index (χ0) is 11.8. The number of halogens is 1. The van der Waals surface area contributed by atoms with E-state index in [1.165, 1.54) is 21.9 Å². The van der Waals surface area contributed by atoms with Crippen LogP contribution in [0.4, 0.5) is 0 Å². The fourth-order valence-electron chi connectivity index (χ4n) is 2.13. The Kier molecular flexibility index (Phi) is 4.18. The molecule has 0 saturated carbocycles. The molecule has 0 bridgehead atoms. The maximum absolute atomic E-state index is 2.24. The Labute approximate surface area is 110 Å². The first-order valence-corrected chi connectivity index (χ1v) is 5.75. The van der Waals surface area contributed by atoms with Gasteiger partial charge >= 0.3 is 0 Å². The summed E-state index contributed by atoms with van der Waals surface area (Å²) < 4.78 is 0.967. The molecule has 0 aliphatic carbocycles. The van der Waals surface area contributed by atoms with Crippen molar-refractivity contribution in [3.8, 4) is 0 Å². The van der Waals surface area contributed by atoms with Gasteiger partial charge in [-0.2, -0.15) is 0 Å². The van der Waals surface area contributed by atoms with Crippen molar-refractivity contribution >= 4 is 10.8 Å². The number of rotatable bonds is 2. The third-order valence-electron chi connectivity index (χ3n) is 2.91. The van der Waals surface area contributed by atoms with Crippen molar-refractivity contribution in [3.05, 3.63) is 47.5 Å². The molecule has 0 aliphatic heterocycles. The van der Waals surface area contributed by atoms with Gasteiger partial charge in [-0.1, -0.05) is 36.4 Å². The molecular formula is C15H20ClN. The molecule has 17 heavy (non-hydrogen) atoms. The van der Waals surface area contributed by atoms with E-state index in [-0.39, 0.29) is 12.4 Å². The second kappa shape index (κ2) is 5.07. The average molecular weight is 250 g/mol. The first-order valence-electron chi connectivity index (χ1n) is 5.75. The highest BCUT2D eigenvalue weighted by molar-refractivity contribution is 5.86. The van der Waals surface area contributed by atoms with Crippen LogP contribution in [0.25, 0.3) is 10.8 Å². The summed E-state index contributed by atoms with van der Waals surface area (Å²) in [5.41, 5.74) is 2.87. The SMILES string of the molecule is Cc1ccc2ccccc2c1C[N+](C)(C)C.[Cl-]. The number of benzene rings is 2. The summed E-state index contributed by atoms with van der Waals surface area (Å²) in [4.78, 5) is 0. The van der Waals surface area contributed by atoms with Gasteiger partial charge in [-0.15, -0.1) is 0 Å². The molecule has 0 N–H and O–H groups in total. The van der Waals surface area contributed by atoms with Crippen LogP contribution in [0.3, 0.4) is 0 Å². The molecule has 2 aromatic carbocycles. The number of nitrogens with zero attached hydrogens (tertiary/aromatic N) is 1. The lowest BCUT2D eigenvalue weighted by Gasteiger charge is -2.25. The molecule has 0 spiro atoms. The largest absolute Gasteiger partial charge is 1.00 e. The minimum Gasteiger partial charge on any atom is -1.00 e. The van der Waals surface area contributed by atoms with Crippen molar-refractivity contribution in [1.82, 2.24) is 0 Å². The van der Waals surface area contributed by atoms with Gasteiger partial charge in [-0.25, -0.2) is 0 Å². The minimum absolute atomic E-state index is 0. The standard InChI is InChI=1S/C15H20N.ClH/c1-12-9-10-13-7-5-6-8-14(13)15(12)11-16(2,3)4;/h5-10H,11H2,1-4H3;1H/q+1;/p-1. The molecule has 0 amide bonds. The lowest BCUT2D eigenvalue weighted by atomic mass is 9.99. The Balaban J connectivity index is 0.00000144. The average Bonchev–Trinajstić information content (AvgIpc) is 2.21. The van der Waals surface area contributed by atoms with Crippen LogP contribution in [0, 0.1) is 6.92 Å². The monoisotopic (exact) mass is 249 g/mol.